The van der Waals surface area contributed by atoms with Gasteiger partial charge in [0.05, 0.1) is 12.7 Å². The van der Waals surface area contributed by atoms with Gasteiger partial charge in [0.15, 0.2) is 0 Å². The molecular formula is C16H22FNO3. The Hall–Kier alpha value is -1.46. The van der Waals surface area contributed by atoms with E-state index in [0.29, 0.717) is 25.3 Å². The fraction of sp³-hybridized carbons (Fsp3) is 0.562. The summed E-state index contributed by atoms with van der Waals surface area (Å²) in [6.45, 7) is 4.34. The van der Waals surface area contributed by atoms with Crippen molar-refractivity contribution in [3.05, 3.63) is 35.1 Å². The maximum atomic E-state index is 13.1. The molecule has 116 valence electrons. The monoisotopic (exact) mass is 295 g/mol. The number of hydrogen-bond acceptors (Lipinski definition) is 3. The zero-order chi connectivity index (χ0) is 15.1. The van der Waals surface area contributed by atoms with Crippen molar-refractivity contribution in [3.8, 4) is 0 Å². The molecule has 1 amide bonds. The average Bonchev–Trinajstić information content (AvgIpc) is 2.98. The number of hydrogen-bond donors (Lipinski definition) is 1. The van der Waals surface area contributed by atoms with Gasteiger partial charge in [0.1, 0.15) is 5.82 Å². The fourth-order valence-corrected chi connectivity index (χ4v) is 2.30. The lowest BCUT2D eigenvalue weighted by atomic mass is 10.1. The first-order valence-corrected chi connectivity index (χ1v) is 7.40. The Morgan fingerprint density at radius 1 is 1.52 bits per heavy atom. The van der Waals surface area contributed by atoms with Gasteiger partial charge in [0.25, 0.3) is 5.91 Å². The van der Waals surface area contributed by atoms with Gasteiger partial charge in [-0.3, -0.25) is 4.79 Å². The van der Waals surface area contributed by atoms with Crippen LogP contribution >= 0.6 is 0 Å². The molecule has 1 unspecified atom stereocenters. The minimum absolute atomic E-state index is 0.231. The first kappa shape index (κ1) is 15.9. The summed E-state index contributed by atoms with van der Waals surface area (Å²) in [5.41, 5.74) is 1.15. The number of carbonyl (C=O) groups is 1. The lowest BCUT2D eigenvalue weighted by molar-refractivity contribution is 0.0166. The number of nitrogens with one attached hydrogen (secondary N) is 1. The van der Waals surface area contributed by atoms with Crippen LogP contribution in [0.25, 0.3) is 0 Å². The number of carbonyl (C=O) groups excluding carboxylic acids is 1. The van der Waals surface area contributed by atoms with Gasteiger partial charge < -0.3 is 14.8 Å². The van der Waals surface area contributed by atoms with Crippen LogP contribution in [-0.2, 0) is 9.47 Å². The van der Waals surface area contributed by atoms with Crippen LogP contribution in [0.3, 0.4) is 0 Å². The summed E-state index contributed by atoms with van der Waals surface area (Å²) in [5.74, 6) is -0.642. The van der Waals surface area contributed by atoms with Crippen molar-refractivity contribution in [2.75, 3.05) is 26.4 Å². The third-order valence-electron chi connectivity index (χ3n) is 3.52. The maximum absolute atomic E-state index is 13.1. The number of amides is 1. The highest BCUT2D eigenvalue weighted by Crippen LogP contribution is 2.12. The Morgan fingerprint density at radius 2 is 2.38 bits per heavy atom. The highest BCUT2D eigenvalue weighted by molar-refractivity contribution is 5.95. The Morgan fingerprint density at radius 3 is 3.14 bits per heavy atom. The topological polar surface area (TPSA) is 47.6 Å². The molecule has 0 aromatic heterocycles. The van der Waals surface area contributed by atoms with E-state index in [1.165, 1.54) is 12.1 Å². The number of aryl methyl sites for hydroxylation is 1. The van der Waals surface area contributed by atoms with E-state index in [1.54, 1.807) is 13.0 Å². The van der Waals surface area contributed by atoms with E-state index in [2.05, 4.69) is 5.32 Å². The molecule has 21 heavy (non-hydrogen) atoms. The van der Waals surface area contributed by atoms with Gasteiger partial charge >= 0.3 is 0 Å². The van der Waals surface area contributed by atoms with Crippen LogP contribution in [0.4, 0.5) is 4.39 Å². The van der Waals surface area contributed by atoms with Crippen LogP contribution in [0.2, 0.25) is 0 Å². The van der Waals surface area contributed by atoms with Gasteiger partial charge in [0, 0.05) is 25.3 Å². The summed E-state index contributed by atoms with van der Waals surface area (Å²) in [7, 11) is 0. The Labute approximate surface area is 124 Å². The molecule has 1 heterocycles. The lowest BCUT2D eigenvalue weighted by Gasteiger charge is -2.11. The highest BCUT2D eigenvalue weighted by Gasteiger charge is 2.15. The molecule has 0 radical (unpaired) electrons. The second-order valence-electron chi connectivity index (χ2n) is 5.28. The zero-order valence-corrected chi connectivity index (χ0v) is 12.4. The second-order valence-corrected chi connectivity index (χ2v) is 5.28. The molecule has 1 aromatic carbocycles. The lowest BCUT2D eigenvalue weighted by Crippen LogP contribution is -2.26. The van der Waals surface area contributed by atoms with Gasteiger partial charge in [-0.2, -0.15) is 0 Å². The Bertz CT molecular complexity index is 473. The normalized spacial score (nSPS) is 17.9. The van der Waals surface area contributed by atoms with Crippen LogP contribution in [0.1, 0.15) is 35.2 Å². The van der Waals surface area contributed by atoms with Crippen LogP contribution in [0.15, 0.2) is 18.2 Å². The van der Waals surface area contributed by atoms with E-state index in [9.17, 15) is 9.18 Å². The van der Waals surface area contributed by atoms with Crippen LogP contribution in [0, 0.1) is 12.7 Å². The van der Waals surface area contributed by atoms with Crippen molar-refractivity contribution in [1.29, 1.82) is 0 Å². The minimum Gasteiger partial charge on any atom is -0.379 e. The molecule has 1 atom stereocenters. The summed E-state index contributed by atoms with van der Waals surface area (Å²) >= 11 is 0. The smallest absolute Gasteiger partial charge is 0.251 e. The van der Waals surface area contributed by atoms with E-state index in [-0.39, 0.29) is 12.0 Å². The van der Waals surface area contributed by atoms with Crippen molar-refractivity contribution in [1.82, 2.24) is 5.32 Å². The SMILES string of the molecule is Cc1ccc(F)cc1C(=O)NCCCOCC1CCCO1. The van der Waals surface area contributed by atoms with Crippen molar-refractivity contribution in [2.45, 2.75) is 32.3 Å². The largest absolute Gasteiger partial charge is 0.379 e. The van der Waals surface area contributed by atoms with Crippen molar-refractivity contribution in [2.24, 2.45) is 0 Å². The molecule has 4 nitrogen and oxygen atoms in total. The van der Waals surface area contributed by atoms with Crippen molar-refractivity contribution < 1.29 is 18.7 Å². The predicted molar refractivity (Wildman–Crippen MR) is 77.9 cm³/mol. The molecule has 0 aliphatic carbocycles. The van der Waals surface area contributed by atoms with Crippen molar-refractivity contribution >= 4 is 5.91 Å². The second kappa shape index (κ2) is 8.10. The fourth-order valence-electron chi connectivity index (χ4n) is 2.30. The quantitative estimate of drug-likeness (QED) is 0.786. The molecule has 0 saturated carbocycles. The first-order valence-electron chi connectivity index (χ1n) is 7.40. The van der Waals surface area contributed by atoms with Crippen LogP contribution in [0.5, 0.6) is 0 Å². The Kier molecular flexibility index (Phi) is 6.14. The Balaban J connectivity index is 1.61. The van der Waals surface area contributed by atoms with E-state index >= 15 is 0 Å². The predicted octanol–water partition coefficient (Wildman–Crippen LogP) is 2.45. The van der Waals surface area contributed by atoms with Crippen LogP contribution < -0.4 is 5.32 Å². The van der Waals surface area contributed by atoms with E-state index in [1.807, 2.05) is 0 Å². The minimum atomic E-state index is -0.398. The van der Waals surface area contributed by atoms with Crippen LogP contribution in [-0.4, -0.2) is 38.4 Å². The van der Waals surface area contributed by atoms with Gasteiger partial charge in [-0.1, -0.05) is 6.07 Å². The summed E-state index contributed by atoms with van der Waals surface area (Å²) in [5, 5.41) is 2.78. The number of ether oxygens (including phenoxy) is 2. The summed E-state index contributed by atoms with van der Waals surface area (Å²) in [6, 6.07) is 4.22. The zero-order valence-electron chi connectivity index (χ0n) is 12.4. The highest BCUT2D eigenvalue weighted by atomic mass is 19.1. The number of benzene rings is 1. The molecule has 0 spiro atoms. The third kappa shape index (κ3) is 5.10. The number of halogens is 1. The molecule has 5 heteroatoms. The summed E-state index contributed by atoms with van der Waals surface area (Å²) in [6.07, 6.45) is 3.13. The average molecular weight is 295 g/mol. The molecule has 1 aliphatic heterocycles. The third-order valence-corrected chi connectivity index (χ3v) is 3.52. The molecule has 1 fully saturated rings. The van der Waals surface area contributed by atoms with E-state index in [4.69, 9.17) is 9.47 Å². The molecule has 1 saturated heterocycles. The van der Waals surface area contributed by atoms with Gasteiger partial charge in [-0.05, 0) is 43.9 Å². The van der Waals surface area contributed by atoms with Gasteiger partial charge in [-0.25, -0.2) is 4.39 Å². The standard InChI is InChI=1S/C16H22FNO3/c1-12-5-6-13(17)10-15(12)16(19)18-7-3-8-20-11-14-4-2-9-21-14/h5-6,10,14H,2-4,7-9,11H2,1H3,(H,18,19). The van der Waals surface area contributed by atoms with Gasteiger partial charge in [0.2, 0.25) is 0 Å². The summed E-state index contributed by atoms with van der Waals surface area (Å²) in [4.78, 5) is 11.9. The molecular weight excluding hydrogens is 273 g/mol. The molecule has 1 aliphatic rings. The number of rotatable bonds is 7. The maximum Gasteiger partial charge on any atom is 0.251 e. The van der Waals surface area contributed by atoms with Gasteiger partial charge in [-0.15, -0.1) is 0 Å². The molecule has 1 aromatic rings. The summed E-state index contributed by atoms with van der Waals surface area (Å²) < 4.78 is 24.1. The van der Waals surface area contributed by atoms with E-state index < -0.39 is 5.82 Å². The molecule has 2 rings (SSSR count). The molecule has 0 bridgehead atoms. The van der Waals surface area contributed by atoms with Crippen molar-refractivity contribution in [3.63, 3.8) is 0 Å². The molecule has 1 N–H and O–H groups in total. The van der Waals surface area contributed by atoms with E-state index in [0.717, 1.165) is 31.4 Å². The first-order chi connectivity index (χ1) is 10.2.